The zero-order valence-corrected chi connectivity index (χ0v) is 34.3. The maximum atomic E-state index is 14.2. The fourth-order valence-corrected chi connectivity index (χ4v) is 5.71. The summed E-state index contributed by atoms with van der Waals surface area (Å²) in [5, 5.41) is 42.5. The van der Waals surface area contributed by atoms with Gasteiger partial charge < -0.3 is 52.0 Å². The predicted molar refractivity (Wildman–Crippen MR) is 212 cm³/mol. The van der Waals surface area contributed by atoms with Gasteiger partial charge in [0, 0.05) is 19.3 Å². The van der Waals surface area contributed by atoms with E-state index in [0.717, 1.165) is 5.56 Å². The number of carbonyl (C=O) groups excluding carboxylic acids is 7. The predicted octanol–water partition coefficient (Wildman–Crippen LogP) is 0.518. The lowest BCUT2D eigenvalue weighted by Crippen LogP contribution is -2.62. The molecule has 0 spiro atoms. The normalized spacial score (nSPS) is 14.2. The van der Waals surface area contributed by atoms with Gasteiger partial charge in [-0.1, -0.05) is 65.0 Å². The van der Waals surface area contributed by atoms with Crippen molar-refractivity contribution in [3.63, 3.8) is 0 Å². The Morgan fingerprint density at radius 3 is 1.75 bits per heavy atom. The van der Waals surface area contributed by atoms with E-state index in [2.05, 4.69) is 38.5 Å². The number of aryl methyl sites for hydroxylation is 1. The van der Waals surface area contributed by atoms with Crippen molar-refractivity contribution >= 4 is 59.6 Å². The average molecular weight is 831 g/mol. The SMILES string of the molecule is C=CCC(C=O)NC(=O)[C@H](CC(C)C)NC(=O)[C@@H](NC(=O)[C@H](Cc1ccccc1C)NC(=O)[C@H](CCC(=O)O)NC(=O)[C@H](CC(=O)O)NC(=O)CCC(=O)O)C(C)(C)C. The zero-order valence-electron chi connectivity index (χ0n) is 34.3. The van der Waals surface area contributed by atoms with Crippen LogP contribution in [-0.4, -0.2) is 111 Å². The van der Waals surface area contributed by atoms with E-state index in [9.17, 15) is 58.2 Å². The van der Waals surface area contributed by atoms with E-state index in [0.29, 0.717) is 11.8 Å². The molecule has 9 N–H and O–H groups in total. The molecule has 19 nitrogen and oxygen atoms in total. The van der Waals surface area contributed by atoms with Gasteiger partial charge in [-0.05, 0) is 48.6 Å². The molecule has 0 heterocycles. The van der Waals surface area contributed by atoms with Gasteiger partial charge in [-0.2, -0.15) is 0 Å². The Morgan fingerprint density at radius 2 is 1.22 bits per heavy atom. The maximum absolute atomic E-state index is 14.2. The third-order valence-corrected chi connectivity index (χ3v) is 8.86. The first kappa shape index (κ1) is 50.9. The molecule has 59 heavy (non-hydrogen) atoms. The molecule has 0 saturated carbocycles. The Labute approximate surface area is 342 Å². The van der Waals surface area contributed by atoms with Gasteiger partial charge in [-0.3, -0.25) is 43.2 Å². The molecule has 6 atom stereocenters. The molecule has 1 aromatic carbocycles. The van der Waals surface area contributed by atoms with E-state index >= 15 is 0 Å². The summed E-state index contributed by atoms with van der Waals surface area (Å²) in [6.07, 6.45) is -1.21. The minimum absolute atomic E-state index is 0.0845. The molecular weight excluding hydrogens is 772 g/mol. The van der Waals surface area contributed by atoms with E-state index in [1.165, 1.54) is 6.08 Å². The Hall–Kier alpha value is -6.14. The van der Waals surface area contributed by atoms with Crippen LogP contribution in [0.25, 0.3) is 0 Å². The topological polar surface area (TPSA) is 304 Å². The van der Waals surface area contributed by atoms with Crippen molar-refractivity contribution in [3.05, 3.63) is 48.0 Å². The number of carboxylic acids is 3. The van der Waals surface area contributed by atoms with Gasteiger partial charge in [-0.25, -0.2) is 0 Å². The highest BCUT2D eigenvalue weighted by Crippen LogP contribution is 2.21. The lowest BCUT2D eigenvalue weighted by Gasteiger charge is -2.33. The van der Waals surface area contributed by atoms with Crippen LogP contribution in [0.3, 0.4) is 0 Å². The second-order valence-electron chi connectivity index (χ2n) is 15.6. The van der Waals surface area contributed by atoms with Crippen LogP contribution in [0.4, 0.5) is 0 Å². The number of aliphatic carboxylic acids is 3. The van der Waals surface area contributed by atoms with Crippen LogP contribution in [0.1, 0.15) is 90.7 Å². The first-order valence-electron chi connectivity index (χ1n) is 19.1. The highest BCUT2D eigenvalue weighted by atomic mass is 16.4. The maximum Gasteiger partial charge on any atom is 0.305 e. The van der Waals surface area contributed by atoms with Gasteiger partial charge in [0.25, 0.3) is 0 Å². The molecule has 0 fully saturated rings. The van der Waals surface area contributed by atoms with Gasteiger partial charge in [0.2, 0.25) is 35.4 Å². The first-order valence-corrected chi connectivity index (χ1v) is 19.1. The zero-order chi connectivity index (χ0) is 45.0. The van der Waals surface area contributed by atoms with E-state index < -0.39 is 127 Å². The van der Waals surface area contributed by atoms with Crippen LogP contribution in [0.2, 0.25) is 0 Å². The fourth-order valence-electron chi connectivity index (χ4n) is 5.71. The first-order chi connectivity index (χ1) is 27.5. The molecule has 1 rings (SSSR count). The summed E-state index contributed by atoms with van der Waals surface area (Å²) in [7, 11) is 0. The number of carbonyl (C=O) groups is 10. The number of carboxylic acid groups (broad SMARTS) is 3. The van der Waals surface area contributed by atoms with E-state index in [1.807, 2.05) is 13.8 Å². The van der Waals surface area contributed by atoms with Crippen LogP contribution in [0.15, 0.2) is 36.9 Å². The highest BCUT2D eigenvalue weighted by molar-refractivity contribution is 5.97. The molecule has 1 aromatic rings. The second-order valence-corrected chi connectivity index (χ2v) is 15.6. The summed E-state index contributed by atoms with van der Waals surface area (Å²) in [4.78, 5) is 126. The summed E-state index contributed by atoms with van der Waals surface area (Å²) in [6.45, 7) is 13.9. The fraction of sp³-hybridized carbons (Fsp3) is 0.550. The quantitative estimate of drug-likeness (QED) is 0.0455. The Morgan fingerprint density at radius 1 is 0.678 bits per heavy atom. The number of nitrogens with one attached hydrogen (secondary N) is 6. The minimum Gasteiger partial charge on any atom is -0.481 e. The van der Waals surface area contributed by atoms with E-state index in [-0.39, 0.29) is 25.2 Å². The molecule has 1 unspecified atom stereocenters. The molecule has 0 aliphatic heterocycles. The summed E-state index contributed by atoms with van der Waals surface area (Å²) >= 11 is 0. The Balaban J connectivity index is 3.55. The Bertz CT molecular complexity index is 1710. The Kier molecular flexibility index (Phi) is 21.2. The molecule has 0 aromatic heterocycles. The van der Waals surface area contributed by atoms with Gasteiger partial charge >= 0.3 is 17.9 Å². The van der Waals surface area contributed by atoms with Crippen molar-refractivity contribution in [2.45, 2.75) is 129 Å². The number of amides is 6. The molecule has 0 aliphatic rings. The molecule has 326 valence electrons. The minimum atomic E-state index is -1.79. The molecule has 0 radical (unpaired) electrons. The average Bonchev–Trinajstić information content (AvgIpc) is 3.13. The second kappa shape index (κ2) is 24.6. The van der Waals surface area contributed by atoms with Crippen molar-refractivity contribution in [2.24, 2.45) is 11.3 Å². The number of hydrogen-bond acceptors (Lipinski definition) is 10. The lowest BCUT2D eigenvalue weighted by atomic mass is 9.85. The summed E-state index contributed by atoms with van der Waals surface area (Å²) in [5.41, 5.74) is 0.332. The molecule has 0 bridgehead atoms. The summed E-state index contributed by atoms with van der Waals surface area (Å²) in [5.74, 6) is -9.78. The molecule has 0 aliphatic carbocycles. The van der Waals surface area contributed by atoms with Gasteiger partial charge in [0.05, 0.1) is 18.9 Å². The monoisotopic (exact) mass is 830 g/mol. The summed E-state index contributed by atoms with van der Waals surface area (Å²) < 4.78 is 0. The van der Waals surface area contributed by atoms with Crippen molar-refractivity contribution < 1.29 is 63.3 Å². The third-order valence-electron chi connectivity index (χ3n) is 8.86. The van der Waals surface area contributed by atoms with Crippen LogP contribution in [0, 0.1) is 18.3 Å². The number of benzene rings is 1. The van der Waals surface area contributed by atoms with Crippen LogP contribution < -0.4 is 31.9 Å². The summed E-state index contributed by atoms with van der Waals surface area (Å²) in [6, 6.07) is -1.36. The lowest BCUT2D eigenvalue weighted by molar-refractivity contribution is -0.142. The van der Waals surface area contributed by atoms with Crippen molar-refractivity contribution in [3.8, 4) is 0 Å². The van der Waals surface area contributed by atoms with Crippen LogP contribution in [0.5, 0.6) is 0 Å². The van der Waals surface area contributed by atoms with Crippen molar-refractivity contribution in [1.29, 1.82) is 0 Å². The van der Waals surface area contributed by atoms with Crippen molar-refractivity contribution in [2.75, 3.05) is 0 Å². The van der Waals surface area contributed by atoms with Crippen LogP contribution in [-0.2, 0) is 54.4 Å². The molecular formula is C40H58N6O13. The van der Waals surface area contributed by atoms with Crippen LogP contribution >= 0.6 is 0 Å². The van der Waals surface area contributed by atoms with Crippen molar-refractivity contribution in [1.82, 2.24) is 31.9 Å². The number of hydrogen-bond donors (Lipinski definition) is 9. The number of aldehydes is 1. The van der Waals surface area contributed by atoms with E-state index in [1.54, 1.807) is 52.0 Å². The molecule has 19 heteroatoms. The van der Waals surface area contributed by atoms with Gasteiger partial charge in [0.15, 0.2) is 0 Å². The van der Waals surface area contributed by atoms with E-state index in [4.69, 9.17) is 5.11 Å². The third kappa shape index (κ3) is 19.2. The largest absolute Gasteiger partial charge is 0.481 e. The molecule has 6 amide bonds. The van der Waals surface area contributed by atoms with Gasteiger partial charge in [0.1, 0.15) is 36.5 Å². The highest BCUT2D eigenvalue weighted by Gasteiger charge is 2.38. The smallest absolute Gasteiger partial charge is 0.305 e. The standard InChI is InChI=1S/C40H58N6O13/c1-8-11-25(21-47)41-36(56)27(18-22(2)3)45-39(59)34(40(5,6)7)46-38(58)28(19-24-13-10-9-12-23(24)4)44-35(55)26(14-16-31(49)50)43-37(57)29(20-33(53)54)42-30(48)15-17-32(51)52/h8-10,12-13,21-22,25-29,34H,1,11,14-20H2,2-7H3,(H,41,56)(H,42,48)(H,43,57)(H,44,55)(H,45,59)(H,46,58)(H,49,50)(H,51,52)(H,53,54)/t25?,26-,27-,28-,29-,34+/m0/s1. The number of rotatable bonds is 26. The molecule has 0 saturated heterocycles. The van der Waals surface area contributed by atoms with Gasteiger partial charge in [-0.15, -0.1) is 6.58 Å².